The minimum Gasteiger partial charge on any atom is -0.354 e. The van der Waals surface area contributed by atoms with Crippen molar-refractivity contribution in [2.45, 2.75) is 0 Å². The summed E-state index contributed by atoms with van der Waals surface area (Å²) in [5.41, 5.74) is 8.58. The van der Waals surface area contributed by atoms with Crippen LogP contribution in [0.3, 0.4) is 0 Å². The number of H-pyrrole nitrogens is 1. The molecule has 0 aliphatic carbocycles. The van der Waals surface area contributed by atoms with Gasteiger partial charge in [0.2, 0.25) is 0 Å². The molecule has 3 heteroatoms. The van der Waals surface area contributed by atoms with Gasteiger partial charge in [-0.3, -0.25) is 0 Å². The zero-order valence-electron chi connectivity index (χ0n) is 21.0. The molecular weight excluding hydrogens is 492 g/mol. The van der Waals surface area contributed by atoms with E-state index in [-0.39, 0.29) is 0 Å². The summed E-state index contributed by atoms with van der Waals surface area (Å²) < 4.78 is 5.03. The highest BCUT2D eigenvalue weighted by molar-refractivity contribution is 7.26. The molecule has 1 N–H and O–H groups in total. The van der Waals surface area contributed by atoms with E-state index in [9.17, 15) is 0 Å². The SMILES string of the molecule is c1ccc(-c2ccc3[nH]c4c(ccc5sc6cc7c(cc6c54)c4ccccc4n7-c4ccccc4)c3c2)cc1. The molecule has 0 saturated heterocycles. The third-order valence-electron chi connectivity index (χ3n) is 8.12. The Morgan fingerprint density at radius 1 is 0.487 bits per heavy atom. The van der Waals surface area contributed by atoms with E-state index in [0.717, 1.165) is 0 Å². The summed E-state index contributed by atoms with van der Waals surface area (Å²) in [5, 5.41) is 7.77. The molecule has 0 radical (unpaired) electrons. The van der Waals surface area contributed by atoms with Crippen LogP contribution in [-0.4, -0.2) is 9.55 Å². The first kappa shape index (κ1) is 21.1. The molecule has 6 aromatic carbocycles. The van der Waals surface area contributed by atoms with Gasteiger partial charge in [0.15, 0.2) is 0 Å². The van der Waals surface area contributed by atoms with Crippen LogP contribution in [0.2, 0.25) is 0 Å². The van der Waals surface area contributed by atoms with Gasteiger partial charge in [-0.05, 0) is 59.7 Å². The lowest BCUT2D eigenvalue weighted by Crippen LogP contribution is -1.92. The largest absolute Gasteiger partial charge is 0.354 e. The average Bonchev–Trinajstić information content (AvgIpc) is 3.65. The Hall–Kier alpha value is -4.86. The van der Waals surface area contributed by atoms with Gasteiger partial charge in [0.05, 0.1) is 16.6 Å². The van der Waals surface area contributed by atoms with Crippen molar-refractivity contribution in [2.24, 2.45) is 0 Å². The summed E-state index contributed by atoms with van der Waals surface area (Å²) in [6, 6.07) is 46.3. The van der Waals surface area contributed by atoms with Crippen LogP contribution < -0.4 is 0 Å². The number of rotatable bonds is 2. The number of benzene rings is 6. The summed E-state index contributed by atoms with van der Waals surface area (Å²) >= 11 is 1.88. The van der Waals surface area contributed by atoms with Gasteiger partial charge in [-0.1, -0.05) is 78.9 Å². The smallest absolute Gasteiger partial charge is 0.0559 e. The number of nitrogens with zero attached hydrogens (tertiary/aromatic N) is 1. The summed E-state index contributed by atoms with van der Waals surface area (Å²) in [6.07, 6.45) is 0. The number of para-hydroxylation sites is 2. The molecule has 2 nitrogen and oxygen atoms in total. The van der Waals surface area contributed by atoms with Gasteiger partial charge in [-0.25, -0.2) is 0 Å². The Labute approximate surface area is 228 Å². The van der Waals surface area contributed by atoms with E-state index in [1.165, 1.54) is 80.6 Å². The number of fused-ring (bicyclic) bond motifs is 10. The van der Waals surface area contributed by atoms with E-state index in [0.29, 0.717) is 0 Å². The van der Waals surface area contributed by atoms with E-state index >= 15 is 0 Å². The predicted molar refractivity (Wildman–Crippen MR) is 168 cm³/mol. The lowest BCUT2D eigenvalue weighted by Gasteiger charge is -2.07. The van der Waals surface area contributed by atoms with Gasteiger partial charge in [0.25, 0.3) is 0 Å². The number of thiophene rings is 1. The maximum Gasteiger partial charge on any atom is 0.0559 e. The van der Waals surface area contributed by atoms with Crippen LogP contribution >= 0.6 is 11.3 Å². The second kappa shape index (κ2) is 7.83. The minimum atomic E-state index is 1.18. The van der Waals surface area contributed by atoms with Crippen LogP contribution in [0, 0.1) is 0 Å². The van der Waals surface area contributed by atoms with Crippen molar-refractivity contribution in [3.8, 4) is 16.8 Å². The van der Waals surface area contributed by atoms with E-state index in [4.69, 9.17) is 0 Å². The third-order valence-corrected chi connectivity index (χ3v) is 9.24. The molecule has 0 amide bonds. The second-order valence-electron chi connectivity index (χ2n) is 10.3. The van der Waals surface area contributed by atoms with E-state index in [2.05, 4.69) is 137 Å². The second-order valence-corrected chi connectivity index (χ2v) is 11.4. The highest BCUT2D eigenvalue weighted by atomic mass is 32.1. The molecule has 9 rings (SSSR count). The Morgan fingerprint density at radius 2 is 1.28 bits per heavy atom. The Balaban J connectivity index is 1.37. The first-order chi connectivity index (χ1) is 19.3. The zero-order chi connectivity index (χ0) is 25.5. The monoisotopic (exact) mass is 514 g/mol. The number of hydrogen-bond donors (Lipinski definition) is 1. The van der Waals surface area contributed by atoms with Crippen LogP contribution in [0.5, 0.6) is 0 Å². The van der Waals surface area contributed by atoms with E-state index < -0.39 is 0 Å². The number of nitrogens with one attached hydrogen (secondary N) is 1. The Bertz CT molecular complexity index is 2370. The Kier molecular flexibility index (Phi) is 4.24. The van der Waals surface area contributed by atoms with Crippen LogP contribution in [-0.2, 0) is 0 Å². The molecule has 0 fully saturated rings. The lowest BCUT2D eigenvalue weighted by atomic mass is 10.0. The normalized spacial score (nSPS) is 12.1. The summed E-state index contributed by atoms with van der Waals surface area (Å²) in [7, 11) is 0. The molecule has 9 aromatic rings. The molecule has 0 aliphatic rings. The minimum absolute atomic E-state index is 1.18. The number of aromatic amines is 1. The van der Waals surface area contributed by atoms with Gasteiger partial charge >= 0.3 is 0 Å². The molecule has 39 heavy (non-hydrogen) atoms. The maximum atomic E-state index is 3.80. The van der Waals surface area contributed by atoms with Crippen LogP contribution in [0.1, 0.15) is 0 Å². The molecule has 0 bridgehead atoms. The van der Waals surface area contributed by atoms with Gasteiger partial charge < -0.3 is 9.55 Å². The summed E-state index contributed by atoms with van der Waals surface area (Å²) in [6.45, 7) is 0. The van der Waals surface area contributed by atoms with Gasteiger partial charge in [0.1, 0.15) is 0 Å². The molecule has 0 unspecified atom stereocenters. The molecule has 0 atom stereocenters. The van der Waals surface area contributed by atoms with Gasteiger partial charge in [-0.2, -0.15) is 0 Å². The molecule has 3 heterocycles. The molecule has 0 spiro atoms. The summed E-state index contributed by atoms with van der Waals surface area (Å²) in [4.78, 5) is 3.80. The fourth-order valence-corrected chi connectivity index (χ4v) is 7.49. The van der Waals surface area contributed by atoms with Crippen LogP contribution in [0.4, 0.5) is 0 Å². The first-order valence-corrected chi connectivity index (χ1v) is 14.1. The molecule has 3 aromatic heterocycles. The van der Waals surface area contributed by atoms with Crippen molar-refractivity contribution < 1.29 is 0 Å². The fraction of sp³-hybridized carbons (Fsp3) is 0. The maximum absolute atomic E-state index is 3.80. The average molecular weight is 515 g/mol. The Morgan fingerprint density at radius 3 is 2.15 bits per heavy atom. The van der Waals surface area contributed by atoms with Crippen molar-refractivity contribution in [2.75, 3.05) is 0 Å². The first-order valence-electron chi connectivity index (χ1n) is 13.3. The topological polar surface area (TPSA) is 20.7 Å². The van der Waals surface area contributed by atoms with Gasteiger partial charge in [0, 0.05) is 52.9 Å². The van der Waals surface area contributed by atoms with Crippen molar-refractivity contribution >= 4 is 75.1 Å². The molecular formula is C36H22N2S. The standard InChI is InChI=1S/C36H22N2S/c1-3-9-22(10-4-1)23-15-17-30-27(19-23)26-16-18-33-35(36(26)37-30)29-20-28-25-13-7-8-14-31(25)38(24-11-5-2-6-12-24)32(28)21-34(29)39-33/h1-21,37H. The van der Waals surface area contributed by atoms with Crippen LogP contribution in [0.15, 0.2) is 127 Å². The van der Waals surface area contributed by atoms with Crippen molar-refractivity contribution in [1.29, 1.82) is 0 Å². The van der Waals surface area contributed by atoms with Gasteiger partial charge in [-0.15, -0.1) is 11.3 Å². The van der Waals surface area contributed by atoms with Crippen molar-refractivity contribution in [3.63, 3.8) is 0 Å². The van der Waals surface area contributed by atoms with Crippen molar-refractivity contribution in [1.82, 2.24) is 9.55 Å². The summed E-state index contributed by atoms with van der Waals surface area (Å²) in [5.74, 6) is 0. The molecule has 0 saturated carbocycles. The number of aromatic nitrogens is 2. The molecule has 182 valence electrons. The highest BCUT2D eigenvalue weighted by Crippen LogP contribution is 2.44. The predicted octanol–water partition coefficient (Wildman–Crippen LogP) is 10.5. The van der Waals surface area contributed by atoms with Crippen LogP contribution in [0.25, 0.3) is 80.6 Å². The fourth-order valence-electron chi connectivity index (χ4n) is 6.36. The van der Waals surface area contributed by atoms with Crippen molar-refractivity contribution in [3.05, 3.63) is 127 Å². The molecule has 0 aliphatic heterocycles. The van der Waals surface area contributed by atoms with E-state index in [1.54, 1.807) is 0 Å². The third kappa shape index (κ3) is 2.96. The number of hydrogen-bond acceptors (Lipinski definition) is 1. The quantitative estimate of drug-likeness (QED) is 0.237. The highest BCUT2D eigenvalue weighted by Gasteiger charge is 2.18. The van der Waals surface area contributed by atoms with E-state index in [1.807, 2.05) is 11.3 Å². The zero-order valence-corrected chi connectivity index (χ0v) is 21.8. The lowest BCUT2D eigenvalue weighted by molar-refractivity contribution is 1.18.